The lowest BCUT2D eigenvalue weighted by Gasteiger charge is -2.31. The summed E-state index contributed by atoms with van der Waals surface area (Å²) in [5, 5.41) is 8.70. The molecule has 3 heterocycles. The maximum Gasteiger partial charge on any atom is 0.318 e. The third-order valence-electron chi connectivity index (χ3n) is 4.50. The van der Waals surface area contributed by atoms with Crippen LogP contribution in [0.5, 0.6) is 0 Å². The van der Waals surface area contributed by atoms with Crippen LogP contribution in [0.3, 0.4) is 0 Å². The summed E-state index contributed by atoms with van der Waals surface area (Å²) < 4.78 is 0. The fraction of sp³-hybridized carbons (Fsp3) is 0.667. The predicted octanol–water partition coefficient (Wildman–Crippen LogP) is 0.889. The Balaban J connectivity index is 1.56. The minimum atomic E-state index is -0.422. The van der Waals surface area contributed by atoms with Crippen molar-refractivity contribution in [3.63, 3.8) is 0 Å². The van der Waals surface area contributed by atoms with E-state index in [1.54, 1.807) is 17.5 Å². The average Bonchev–Trinajstić information content (AvgIpc) is 2.95. The van der Waals surface area contributed by atoms with Crippen LogP contribution in [0.25, 0.3) is 0 Å². The van der Waals surface area contributed by atoms with Crippen molar-refractivity contribution in [3.05, 3.63) is 11.6 Å². The van der Waals surface area contributed by atoms with Gasteiger partial charge >= 0.3 is 6.03 Å². The van der Waals surface area contributed by atoms with E-state index in [0.29, 0.717) is 19.6 Å². The molecule has 126 valence electrons. The van der Waals surface area contributed by atoms with Gasteiger partial charge in [0.05, 0.1) is 0 Å². The van der Waals surface area contributed by atoms with Gasteiger partial charge in [-0.15, -0.1) is 11.3 Å². The lowest BCUT2D eigenvalue weighted by Crippen LogP contribution is -2.57. The van der Waals surface area contributed by atoms with Gasteiger partial charge in [-0.3, -0.25) is 4.79 Å². The number of rotatable bonds is 2. The van der Waals surface area contributed by atoms with Crippen molar-refractivity contribution in [1.29, 1.82) is 0 Å². The van der Waals surface area contributed by atoms with Crippen molar-refractivity contribution < 1.29 is 9.59 Å². The molecule has 3 rings (SSSR count). The van der Waals surface area contributed by atoms with E-state index in [1.165, 1.54) is 0 Å². The predicted molar refractivity (Wildman–Crippen MR) is 89.6 cm³/mol. The van der Waals surface area contributed by atoms with Crippen LogP contribution >= 0.6 is 11.3 Å². The van der Waals surface area contributed by atoms with Crippen LogP contribution < -0.4 is 15.5 Å². The van der Waals surface area contributed by atoms with E-state index < -0.39 is 6.04 Å². The minimum absolute atomic E-state index is 0.0728. The Labute approximate surface area is 140 Å². The summed E-state index contributed by atoms with van der Waals surface area (Å²) in [7, 11) is 0. The Morgan fingerprint density at radius 1 is 1.39 bits per heavy atom. The van der Waals surface area contributed by atoms with E-state index in [0.717, 1.165) is 31.1 Å². The number of aromatic nitrogens is 1. The van der Waals surface area contributed by atoms with Crippen LogP contribution in [0, 0.1) is 5.92 Å². The van der Waals surface area contributed by atoms with Gasteiger partial charge in [-0.25, -0.2) is 9.78 Å². The summed E-state index contributed by atoms with van der Waals surface area (Å²) in [4.78, 5) is 32.8. The molecule has 8 heteroatoms. The van der Waals surface area contributed by atoms with E-state index in [4.69, 9.17) is 0 Å². The lowest BCUT2D eigenvalue weighted by molar-refractivity contribution is -0.125. The molecule has 0 aromatic carbocycles. The van der Waals surface area contributed by atoms with Gasteiger partial charge in [0.2, 0.25) is 5.91 Å². The molecule has 0 spiro atoms. The Morgan fingerprint density at radius 2 is 2.26 bits per heavy atom. The lowest BCUT2D eigenvalue weighted by atomic mass is 9.94. The van der Waals surface area contributed by atoms with Crippen molar-refractivity contribution in [2.75, 3.05) is 37.6 Å². The number of amides is 3. The van der Waals surface area contributed by atoms with Crippen molar-refractivity contribution in [1.82, 2.24) is 20.5 Å². The van der Waals surface area contributed by atoms with Gasteiger partial charge in [-0.05, 0) is 18.8 Å². The largest absolute Gasteiger partial charge is 0.354 e. The van der Waals surface area contributed by atoms with E-state index >= 15 is 0 Å². The van der Waals surface area contributed by atoms with Gasteiger partial charge in [0, 0.05) is 44.3 Å². The Hall–Kier alpha value is -1.83. The topological polar surface area (TPSA) is 77.6 Å². The molecule has 0 saturated carbocycles. The number of carbonyl (C=O) groups excluding carboxylic acids is 2. The Kier molecular flexibility index (Phi) is 5.00. The molecule has 2 aliphatic rings. The maximum absolute atomic E-state index is 12.5. The molecular formula is C15H23N5O2S. The maximum atomic E-state index is 12.5. The quantitative estimate of drug-likeness (QED) is 0.840. The first kappa shape index (κ1) is 16.0. The SMILES string of the molecule is C[C@H]1CCNC(=O)[C@@H]1NC(=O)N1CCCN(c2nccs2)CC1. The number of piperidine rings is 1. The molecule has 3 amide bonds. The molecule has 2 fully saturated rings. The summed E-state index contributed by atoms with van der Waals surface area (Å²) in [5.41, 5.74) is 0. The molecule has 1 aromatic heterocycles. The van der Waals surface area contributed by atoms with Gasteiger partial charge in [0.1, 0.15) is 6.04 Å². The van der Waals surface area contributed by atoms with Crippen LogP contribution in [0.1, 0.15) is 19.8 Å². The summed E-state index contributed by atoms with van der Waals surface area (Å²) >= 11 is 1.62. The molecule has 2 atom stereocenters. The average molecular weight is 337 g/mol. The van der Waals surface area contributed by atoms with Gasteiger partial charge in [-0.2, -0.15) is 0 Å². The Morgan fingerprint density at radius 3 is 3.00 bits per heavy atom. The fourth-order valence-electron chi connectivity index (χ4n) is 3.07. The first-order valence-corrected chi connectivity index (χ1v) is 9.00. The highest BCUT2D eigenvalue weighted by Crippen LogP contribution is 2.19. The monoisotopic (exact) mass is 337 g/mol. The highest BCUT2D eigenvalue weighted by Gasteiger charge is 2.31. The van der Waals surface area contributed by atoms with Crippen LogP contribution in [0.4, 0.5) is 9.93 Å². The van der Waals surface area contributed by atoms with E-state index in [2.05, 4.69) is 20.5 Å². The highest BCUT2D eigenvalue weighted by molar-refractivity contribution is 7.13. The molecule has 2 N–H and O–H groups in total. The molecule has 7 nitrogen and oxygen atoms in total. The minimum Gasteiger partial charge on any atom is -0.354 e. The third kappa shape index (κ3) is 3.74. The first-order chi connectivity index (χ1) is 11.1. The zero-order chi connectivity index (χ0) is 16.2. The smallest absolute Gasteiger partial charge is 0.318 e. The number of thiazole rings is 1. The van der Waals surface area contributed by atoms with Gasteiger partial charge in [0.15, 0.2) is 5.13 Å². The second-order valence-electron chi connectivity index (χ2n) is 6.13. The first-order valence-electron chi connectivity index (χ1n) is 8.13. The number of hydrogen-bond donors (Lipinski definition) is 2. The standard InChI is InChI=1S/C15H23N5O2S/c1-11-3-4-16-13(21)12(11)18-14(22)19-6-2-7-20(9-8-19)15-17-5-10-23-15/h5,10-12H,2-4,6-9H2,1H3,(H,16,21)(H,18,22)/t11-,12+/m0/s1. The molecule has 23 heavy (non-hydrogen) atoms. The molecule has 1 aromatic rings. The van der Waals surface area contributed by atoms with Gasteiger partial charge < -0.3 is 20.4 Å². The van der Waals surface area contributed by atoms with Crippen LogP contribution in [0.2, 0.25) is 0 Å². The number of anilines is 1. The van der Waals surface area contributed by atoms with Crippen molar-refractivity contribution in [2.45, 2.75) is 25.8 Å². The molecule has 0 radical (unpaired) electrons. The van der Waals surface area contributed by atoms with E-state index in [-0.39, 0.29) is 17.9 Å². The van der Waals surface area contributed by atoms with Gasteiger partial charge in [-0.1, -0.05) is 6.92 Å². The molecule has 0 aliphatic carbocycles. The van der Waals surface area contributed by atoms with Crippen LogP contribution in [-0.4, -0.2) is 60.6 Å². The third-order valence-corrected chi connectivity index (χ3v) is 5.33. The number of nitrogens with zero attached hydrogens (tertiary/aromatic N) is 3. The number of hydrogen-bond acceptors (Lipinski definition) is 5. The summed E-state index contributed by atoms with van der Waals surface area (Å²) in [6.45, 7) is 5.73. The van der Waals surface area contributed by atoms with E-state index in [9.17, 15) is 9.59 Å². The normalized spacial score (nSPS) is 25.7. The molecule has 0 bridgehead atoms. The number of urea groups is 1. The second-order valence-corrected chi connectivity index (χ2v) is 7.00. The van der Waals surface area contributed by atoms with E-state index in [1.807, 2.05) is 17.2 Å². The zero-order valence-electron chi connectivity index (χ0n) is 13.3. The molecule has 0 unspecified atom stereocenters. The number of carbonyl (C=O) groups is 2. The Bertz CT molecular complexity index is 550. The molecular weight excluding hydrogens is 314 g/mol. The van der Waals surface area contributed by atoms with Crippen molar-refractivity contribution >= 4 is 28.4 Å². The summed E-state index contributed by atoms with van der Waals surface area (Å²) in [5.74, 6) is 0.0998. The summed E-state index contributed by atoms with van der Waals surface area (Å²) in [6, 6.07) is -0.561. The zero-order valence-corrected chi connectivity index (χ0v) is 14.1. The summed E-state index contributed by atoms with van der Waals surface area (Å²) in [6.07, 6.45) is 3.60. The van der Waals surface area contributed by atoms with Crippen LogP contribution in [0.15, 0.2) is 11.6 Å². The highest BCUT2D eigenvalue weighted by atomic mass is 32.1. The fourth-order valence-corrected chi connectivity index (χ4v) is 3.77. The molecule has 2 aliphatic heterocycles. The van der Waals surface area contributed by atoms with Gasteiger partial charge in [0.25, 0.3) is 0 Å². The molecule has 2 saturated heterocycles. The van der Waals surface area contributed by atoms with Crippen molar-refractivity contribution in [2.24, 2.45) is 5.92 Å². The number of nitrogens with one attached hydrogen (secondary N) is 2. The van der Waals surface area contributed by atoms with Crippen LogP contribution in [-0.2, 0) is 4.79 Å². The second kappa shape index (κ2) is 7.16. The van der Waals surface area contributed by atoms with Crippen molar-refractivity contribution in [3.8, 4) is 0 Å².